The quantitative estimate of drug-likeness (QED) is 0.212. The molecule has 0 spiro atoms. The first-order valence-electron chi connectivity index (χ1n) is 11.8. The van der Waals surface area contributed by atoms with Crippen LogP contribution in [0.1, 0.15) is 24.3 Å². The van der Waals surface area contributed by atoms with Crippen LogP contribution in [0.25, 0.3) is 17.4 Å². The van der Waals surface area contributed by atoms with Gasteiger partial charge in [0.1, 0.15) is 23.9 Å². The van der Waals surface area contributed by atoms with Gasteiger partial charge < -0.3 is 13.9 Å². The Hall–Kier alpha value is -3.85. The number of benzene rings is 2. The van der Waals surface area contributed by atoms with Gasteiger partial charge in [0.15, 0.2) is 4.80 Å². The number of furan rings is 1. The number of thiazole rings is 1. The van der Waals surface area contributed by atoms with E-state index in [9.17, 15) is 9.59 Å². The van der Waals surface area contributed by atoms with Crippen LogP contribution >= 0.6 is 34.5 Å². The number of hydrogen-bond donors (Lipinski definition) is 0. The molecule has 39 heavy (non-hydrogen) atoms. The summed E-state index contributed by atoms with van der Waals surface area (Å²) in [7, 11) is 1.57. The Bertz CT molecular complexity index is 1800. The van der Waals surface area contributed by atoms with E-state index in [0.29, 0.717) is 53.5 Å². The number of fused-ring (bicyclic) bond motifs is 1. The molecule has 2 aromatic carbocycles. The second-order valence-corrected chi connectivity index (χ2v) is 10.3. The number of carbonyl (C=O) groups excluding carboxylic acids is 1. The zero-order valence-corrected chi connectivity index (χ0v) is 23.3. The summed E-state index contributed by atoms with van der Waals surface area (Å²) in [5.41, 5.74) is 1.77. The minimum atomic E-state index is -0.746. The summed E-state index contributed by atoms with van der Waals surface area (Å²) in [6.45, 7) is 5.37. The zero-order chi connectivity index (χ0) is 27.7. The fraction of sp³-hybridized carbons (Fsp3) is 0.138. The Morgan fingerprint density at radius 2 is 1.95 bits per heavy atom. The largest absolute Gasteiger partial charge is 0.497 e. The summed E-state index contributed by atoms with van der Waals surface area (Å²) in [5, 5.41) is 0.794. The van der Waals surface area contributed by atoms with Gasteiger partial charge in [-0.3, -0.25) is 9.36 Å². The van der Waals surface area contributed by atoms with E-state index in [4.69, 9.17) is 37.1 Å². The van der Waals surface area contributed by atoms with E-state index in [1.807, 2.05) is 12.1 Å². The van der Waals surface area contributed by atoms with Crippen LogP contribution in [-0.4, -0.2) is 24.3 Å². The molecule has 0 fully saturated rings. The Morgan fingerprint density at radius 3 is 2.67 bits per heavy atom. The third kappa shape index (κ3) is 5.11. The molecule has 0 saturated heterocycles. The Balaban J connectivity index is 1.63. The monoisotopic (exact) mass is 580 g/mol. The van der Waals surface area contributed by atoms with Crippen molar-refractivity contribution in [3.63, 3.8) is 0 Å². The number of rotatable bonds is 7. The molecule has 5 rings (SSSR count). The molecule has 1 unspecified atom stereocenters. The summed E-state index contributed by atoms with van der Waals surface area (Å²) in [4.78, 5) is 31.9. The first-order chi connectivity index (χ1) is 18.8. The van der Waals surface area contributed by atoms with E-state index < -0.39 is 12.0 Å². The molecule has 198 valence electrons. The fourth-order valence-corrected chi connectivity index (χ4v) is 5.72. The lowest BCUT2D eigenvalue weighted by atomic mass is 9.96. The molecule has 0 N–H and O–H groups in total. The van der Waals surface area contributed by atoms with E-state index in [2.05, 4.69) is 11.6 Å². The van der Waals surface area contributed by atoms with Crippen LogP contribution in [-0.2, 0) is 9.53 Å². The van der Waals surface area contributed by atoms with Gasteiger partial charge in [-0.2, -0.15) is 0 Å². The second-order valence-electron chi connectivity index (χ2n) is 8.55. The van der Waals surface area contributed by atoms with Crippen molar-refractivity contribution in [3.05, 3.63) is 120 Å². The maximum Gasteiger partial charge on any atom is 0.338 e. The maximum absolute atomic E-state index is 13.8. The van der Waals surface area contributed by atoms with E-state index in [1.165, 1.54) is 22.0 Å². The van der Waals surface area contributed by atoms with Crippen LogP contribution in [0.5, 0.6) is 5.75 Å². The lowest BCUT2D eigenvalue weighted by Crippen LogP contribution is -2.39. The van der Waals surface area contributed by atoms with Gasteiger partial charge in [0.25, 0.3) is 5.56 Å². The lowest BCUT2D eigenvalue weighted by Gasteiger charge is -2.24. The van der Waals surface area contributed by atoms with Crippen LogP contribution in [0.15, 0.2) is 92.7 Å². The molecule has 2 aromatic heterocycles. The highest BCUT2D eigenvalue weighted by molar-refractivity contribution is 7.07. The Kier molecular flexibility index (Phi) is 7.61. The van der Waals surface area contributed by atoms with Gasteiger partial charge in [-0.15, -0.1) is 0 Å². The van der Waals surface area contributed by atoms with E-state index in [0.717, 1.165) is 0 Å². The third-order valence-electron chi connectivity index (χ3n) is 6.12. The van der Waals surface area contributed by atoms with Gasteiger partial charge in [0.05, 0.1) is 39.0 Å². The molecule has 3 heterocycles. The number of hydrogen-bond acceptors (Lipinski definition) is 7. The van der Waals surface area contributed by atoms with Crippen molar-refractivity contribution in [3.8, 4) is 17.1 Å². The average molecular weight is 581 g/mol. The summed E-state index contributed by atoms with van der Waals surface area (Å²) in [5.74, 6) is 1.05. The number of nitrogens with zero attached hydrogens (tertiary/aromatic N) is 2. The van der Waals surface area contributed by atoms with Crippen molar-refractivity contribution in [2.45, 2.75) is 13.0 Å². The van der Waals surface area contributed by atoms with Gasteiger partial charge >= 0.3 is 5.97 Å². The number of carbonyl (C=O) groups is 1. The topological polar surface area (TPSA) is 83.0 Å². The van der Waals surface area contributed by atoms with Crippen molar-refractivity contribution >= 4 is 46.6 Å². The van der Waals surface area contributed by atoms with E-state index in [1.54, 1.807) is 62.6 Å². The first kappa shape index (κ1) is 26.7. The molecule has 4 aromatic rings. The Labute approximate surface area is 237 Å². The molecule has 0 bridgehead atoms. The molecule has 1 aliphatic rings. The van der Waals surface area contributed by atoms with Crippen LogP contribution in [0.4, 0.5) is 0 Å². The number of ether oxygens (including phenoxy) is 2. The number of allylic oxidation sites excluding steroid dienone is 1. The summed E-state index contributed by atoms with van der Waals surface area (Å²) in [6.07, 6.45) is 3.13. The van der Waals surface area contributed by atoms with Crippen LogP contribution in [0.3, 0.4) is 0 Å². The predicted octanol–water partition coefficient (Wildman–Crippen LogP) is 5.54. The minimum Gasteiger partial charge on any atom is -0.497 e. The van der Waals surface area contributed by atoms with Gasteiger partial charge in [-0.05, 0) is 48.9 Å². The normalized spacial score (nSPS) is 15.1. The van der Waals surface area contributed by atoms with Gasteiger partial charge in [0, 0.05) is 11.6 Å². The SMILES string of the molecule is C=CCOC(=O)C1=C(C)N=c2s/c(=C/c3ccc(-c4cccc(Cl)c4Cl)o3)c(=O)n2C1c1ccc(OC)cc1. The molecular weight excluding hydrogens is 559 g/mol. The molecule has 10 heteroatoms. The zero-order valence-electron chi connectivity index (χ0n) is 20.9. The molecule has 0 amide bonds. The summed E-state index contributed by atoms with van der Waals surface area (Å²) >= 11 is 13.7. The highest BCUT2D eigenvalue weighted by atomic mass is 35.5. The Morgan fingerprint density at radius 1 is 1.18 bits per heavy atom. The molecule has 0 aliphatic carbocycles. The van der Waals surface area contributed by atoms with Crippen molar-refractivity contribution in [2.75, 3.05) is 13.7 Å². The summed E-state index contributed by atoms with van der Waals surface area (Å²) < 4.78 is 18.5. The molecular formula is C29H22Cl2N2O5S. The predicted molar refractivity (Wildman–Crippen MR) is 152 cm³/mol. The molecule has 1 aliphatic heterocycles. The van der Waals surface area contributed by atoms with Crippen LogP contribution in [0.2, 0.25) is 10.0 Å². The van der Waals surface area contributed by atoms with Crippen LogP contribution < -0.4 is 19.6 Å². The maximum atomic E-state index is 13.8. The third-order valence-corrected chi connectivity index (χ3v) is 7.92. The molecule has 7 nitrogen and oxygen atoms in total. The van der Waals surface area contributed by atoms with Gasteiger partial charge in [0.2, 0.25) is 0 Å². The van der Waals surface area contributed by atoms with E-state index >= 15 is 0 Å². The average Bonchev–Trinajstić information content (AvgIpc) is 3.52. The number of methoxy groups -OCH3 is 1. The second kappa shape index (κ2) is 11.1. The van der Waals surface area contributed by atoms with Gasteiger partial charge in [-0.25, -0.2) is 9.79 Å². The van der Waals surface area contributed by atoms with Crippen molar-refractivity contribution in [1.29, 1.82) is 0 Å². The van der Waals surface area contributed by atoms with Crippen molar-refractivity contribution < 1.29 is 18.7 Å². The number of aromatic nitrogens is 1. The molecule has 0 saturated carbocycles. The van der Waals surface area contributed by atoms with E-state index in [-0.39, 0.29) is 17.7 Å². The molecule has 1 atom stereocenters. The highest BCUT2D eigenvalue weighted by Gasteiger charge is 2.33. The van der Waals surface area contributed by atoms with Crippen molar-refractivity contribution in [1.82, 2.24) is 4.57 Å². The van der Waals surface area contributed by atoms with Crippen molar-refractivity contribution in [2.24, 2.45) is 4.99 Å². The smallest absolute Gasteiger partial charge is 0.338 e. The first-order valence-corrected chi connectivity index (χ1v) is 13.4. The van der Waals surface area contributed by atoms with Crippen LogP contribution in [0, 0.1) is 0 Å². The van der Waals surface area contributed by atoms with Gasteiger partial charge in [-0.1, -0.05) is 65.4 Å². The number of esters is 1. The standard InChI is InChI=1S/C29H22Cl2N2O5S/c1-4-14-37-28(35)24-16(2)32-29-33(26(24)17-8-10-18(36-3)11-9-17)27(34)23(39-29)15-19-12-13-22(38-19)20-6-5-7-21(30)25(20)31/h4-13,15,26H,1,14H2,2-3H3/b23-15+. The number of halogens is 2. The molecule has 0 radical (unpaired) electrons. The minimum absolute atomic E-state index is 0.0346. The lowest BCUT2D eigenvalue weighted by molar-refractivity contribution is -0.138. The summed E-state index contributed by atoms with van der Waals surface area (Å²) in [6, 6.07) is 15.2. The fourth-order valence-electron chi connectivity index (χ4n) is 4.30. The highest BCUT2D eigenvalue weighted by Crippen LogP contribution is 2.35.